The van der Waals surface area contributed by atoms with Crippen molar-refractivity contribution >= 4 is 21.6 Å². The summed E-state index contributed by atoms with van der Waals surface area (Å²) >= 11 is 3.43. The molecule has 2 aromatic rings. The molecule has 1 aromatic carbocycles. The number of ether oxygens (including phenoxy) is 1. The molecule has 0 radical (unpaired) electrons. The van der Waals surface area contributed by atoms with Crippen molar-refractivity contribution in [3.8, 4) is 5.75 Å². The number of halogens is 1. The fraction of sp³-hybridized carbons (Fsp3) is 0.400. The molecule has 0 unspecified atom stereocenters. The van der Waals surface area contributed by atoms with Gasteiger partial charge in [-0.1, -0.05) is 35.8 Å². The van der Waals surface area contributed by atoms with Crippen LogP contribution in [0.5, 0.6) is 5.75 Å². The van der Waals surface area contributed by atoms with E-state index in [0.717, 1.165) is 40.1 Å². The lowest BCUT2D eigenvalue weighted by molar-refractivity contribution is 0.288. The highest BCUT2D eigenvalue weighted by molar-refractivity contribution is 9.10. The predicted octanol–water partition coefficient (Wildman–Crippen LogP) is 3.43. The summed E-state index contributed by atoms with van der Waals surface area (Å²) < 4.78 is 8.72. The van der Waals surface area contributed by atoms with Crippen LogP contribution in [0.2, 0.25) is 0 Å². The van der Waals surface area contributed by atoms with Crippen LogP contribution in [-0.4, -0.2) is 16.4 Å². The molecule has 5 heteroatoms. The number of rotatable bonds is 6. The third-order valence-electron chi connectivity index (χ3n) is 3.21. The highest BCUT2D eigenvalue weighted by atomic mass is 79.9. The Morgan fingerprint density at radius 1 is 1.30 bits per heavy atom. The zero-order valence-electron chi connectivity index (χ0n) is 11.9. The molecule has 0 bridgehead atoms. The molecule has 0 aliphatic carbocycles. The fourth-order valence-electron chi connectivity index (χ4n) is 2.19. The van der Waals surface area contributed by atoms with Gasteiger partial charge in [-0.15, -0.1) is 0 Å². The average molecular weight is 338 g/mol. The SMILES string of the molecule is CCc1nn(CCOc2cccc(Br)c2)c(CC)c1N. The van der Waals surface area contributed by atoms with Crippen molar-refractivity contribution in [2.24, 2.45) is 0 Å². The minimum atomic E-state index is 0.577. The number of nitrogens with two attached hydrogens (primary N) is 1. The zero-order valence-corrected chi connectivity index (χ0v) is 13.5. The van der Waals surface area contributed by atoms with Gasteiger partial charge in [-0.2, -0.15) is 5.10 Å². The molecular weight excluding hydrogens is 318 g/mol. The molecule has 0 aliphatic rings. The summed E-state index contributed by atoms with van der Waals surface area (Å²) in [6.07, 6.45) is 1.74. The fourth-order valence-corrected chi connectivity index (χ4v) is 2.57. The largest absolute Gasteiger partial charge is 0.492 e. The van der Waals surface area contributed by atoms with Gasteiger partial charge in [-0.25, -0.2) is 0 Å². The van der Waals surface area contributed by atoms with Gasteiger partial charge in [0.05, 0.1) is 23.6 Å². The standard InChI is InChI=1S/C15H20BrN3O/c1-3-13-15(17)14(4-2)19(18-13)8-9-20-12-7-5-6-11(16)10-12/h5-7,10H,3-4,8-9,17H2,1-2H3. The highest BCUT2D eigenvalue weighted by Crippen LogP contribution is 2.20. The number of benzene rings is 1. The Kier molecular flexibility index (Phi) is 5.06. The molecular formula is C15H20BrN3O. The van der Waals surface area contributed by atoms with Crippen LogP contribution in [-0.2, 0) is 19.4 Å². The first-order valence-corrected chi connectivity index (χ1v) is 7.67. The van der Waals surface area contributed by atoms with E-state index in [-0.39, 0.29) is 0 Å². The summed E-state index contributed by atoms with van der Waals surface area (Å²) in [5, 5.41) is 4.55. The summed E-state index contributed by atoms with van der Waals surface area (Å²) in [6, 6.07) is 7.83. The first-order chi connectivity index (χ1) is 9.65. The molecule has 20 heavy (non-hydrogen) atoms. The van der Waals surface area contributed by atoms with E-state index in [1.165, 1.54) is 0 Å². The van der Waals surface area contributed by atoms with Crippen LogP contribution in [0.25, 0.3) is 0 Å². The van der Waals surface area contributed by atoms with Crippen LogP contribution in [0.4, 0.5) is 5.69 Å². The number of hydrogen-bond donors (Lipinski definition) is 1. The van der Waals surface area contributed by atoms with Crippen LogP contribution in [0.1, 0.15) is 25.2 Å². The molecule has 0 saturated heterocycles. The molecule has 0 spiro atoms. The van der Waals surface area contributed by atoms with Crippen LogP contribution in [0, 0.1) is 0 Å². The Hall–Kier alpha value is -1.49. The Labute approximate surface area is 128 Å². The molecule has 0 fully saturated rings. The lowest BCUT2D eigenvalue weighted by Crippen LogP contribution is -2.12. The number of hydrogen-bond acceptors (Lipinski definition) is 3. The second kappa shape index (κ2) is 6.79. The first-order valence-electron chi connectivity index (χ1n) is 6.88. The molecule has 0 atom stereocenters. The maximum Gasteiger partial charge on any atom is 0.120 e. The van der Waals surface area contributed by atoms with Crippen molar-refractivity contribution in [3.05, 3.63) is 40.1 Å². The molecule has 108 valence electrons. The maximum absolute atomic E-state index is 6.10. The van der Waals surface area contributed by atoms with E-state index < -0.39 is 0 Å². The summed E-state index contributed by atoms with van der Waals surface area (Å²) in [7, 11) is 0. The molecule has 0 aliphatic heterocycles. The van der Waals surface area contributed by atoms with Gasteiger partial charge < -0.3 is 10.5 Å². The lowest BCUT2D eigenvalue weighted by atomic mass is 10.2. The number of nitrogen functional groups attached to an aromatic ring is 1. The summed E-state index contributed by atoms with van der Waals surface area (Å²) in [5.41, 5.74) is 9.00. The molecule has 0 saturated carbocycles. The maximum atomic E-state index is 6.10. The number of aromatic nitrogens is 2. The molecule has 1 heterocycles. The molecule has 2 rings (SSSR count). The van der Waals surface area contributed by atoms with Gasteiger partial charge in [0, 0.05) is 4.47 Å². The first kappa shape index (κ1) is 14.9. The van der Waals surface area contributed by atoms with Crippen molar-refractivity contribution < 1.29 is 4.74 Å². The van der Waals surface area contributed by atoms with E-state index in [4.69, 9.17) is 10.5 Å². The van der Waals surface area contributed by atoms with Gasteiger partial charge >= 0.3 is 0 Å². The van der Waals surface area contributed by atoms with Gasteiger partial charge in [-0.3, -0.25) is 4.68 Å². The quantitative estimate of drug-likeness (QED) is 0.878. The van der Waals surface area contributed by atoms with E-state index in [9.17, 15) is 0 Å². The van der Waals surface area contributed by atoms with Gasteiger partial charge in [0.15, 0.2) is 0 Å². The minimum Gasteiger partial charge on any atom is -0.492 e. The Morgan fingerprint density at radius 3 is 2.75 bits per heavy atom. The number of aryl methyl sites for hydroxylation is 1. The predicted molar refractivity (Wildman–Crippen MR) is 85.0 cm³/mol. The molecule has 1 aromatic heterocycles. The Bertz CT molecular complexity index is 580. The molecule has 4 nitrogen and oxygen atoms in total. The molecule has 0 amide bonds. The molecule has 2 N–H and O–H groups in total. The third-order valence-corrected chi connectivity index (χ3v) is 3.71. The van der Waals surface area contributed by atoms with E-state index in [1.807, 2.05) is 28.9 Å². The van der Waals surface area contributed by atoms with Gasteiger partial charge in [-0.05, 0) is 31.0 Å². The number of anilines is 1. The Balaban J connectivity index is 2.00. The Morgan fingerprint density at radius 2 is 2.10 bits per heavy atom. The third kappa shape index (κ3) is 3.33. The van der Waals surface area contributed by atoms with Crippen LogP contribution < -0.4 is 10.5 Å². The van der Waals surface area contributed by atoms with Crippen LogP contribution in [0.15, 0.2) is 28.7 Å². The lowest BCUT2D eigenvalue weighted by Gasteiger charge is -2.09. The van der Waals surface area contributed by atoms with Gasteiger partial charge in [0.25, 0.3) is 0 Å². The normalized spacial score (nSPS) is 10.8. The van der Waals surface area contributed by atoms with Crippen molar-refractivity contribution in [1.82, 2.24) is 9.78 Å². The van der Waals surface area contributed by atoms with Gasteiger partial charge in [0.2, 0.25) is 0 Å². The van der Waals surface area contributed by atoms with Gasteiger partial charge in [0.1, 0.15) is 12.4 Å². The van der Waals surface area contributed by atoms with E-state index in [2.05, 4.69) is 34.9 Å². The van der Waals surface area contributed by atoms with Crippen LogP contribution in [0.3, 0.4) is 0 Å². The zero-order chi connectivity index (χ0) is 14.5. The highest BCUT2D eigenvalue weighted by Gasteiger charge is 2.12. The monoisotopic (exact) mass is 337 g/mol. The van der Waals surface area contributed by atoms with Crippen molar-refractivity contribution in [2.45, 2.75) is 33.2 Å². The topological polar surface area (TPSA) is 53.1 Å². The van der Waals surface area contributed by atoms with Crippen molar-refractivity contribution in [3.63, 3.8) is 0 Å². The summed E-state index contributed by atoms with van der Waals surface area (Å²) in [4.78, 5) is 0. The summed E-state index contributed by atoms with van der Waals surface area (Å²) in [5.74, 6) is 0.855. The summed E-state index contributed by atoms with van der Waals surface area (Å²) in [6.45, 7) is 5.45. The second-order valence-electron chi connectivity index (χ2n) is 4.54. The van der Waals surface area contributed by atoms with Crippen molar-refractivity contribution in [1.29, 1.82) is 0 Å². The van der Waals surface area contributed by atoms with E-state index in [0.29, 0.717) is 13.2 Å². The second-order valence-corrected chi connectivity index (χ2v) is 5.46. The van der Waals surface area contributed by atoms with Crippen LogP contribution >= 0.6 is 15.9 Å². The minimum absolute atomic E-state index is 0.577. The smallest absolute Gasteiger partial charge is 0.120 e. The average Bonchev–Trinajstić information content (AvgIpc) is 2.74. The van der Waals surface area contributed by atoms with E-state index in [1.54, 1.807) is 0 Å². The number of nitrogens with zero attached hydrogens (tertiary/aromatic N) is 2. The van der Waals surface area contributed by atoms with E-state index >= 15 is 0 Å². The van der Waals surface area contributed by atoms with Crippen molar-refractivity contribution in [2.75, 3.05) is 12.3 Å².